The quantitative estimate of drug-likeness (QED) is 0.327. The number of rotatable bonds is 8. The zero-order valence-corrected chi connectivity index (χ0v) is 22.6. The summed E-state index contributed by atoms with van der Waals surface area (Å²) in [6.07, 6.45) is 7.37. The number of benzene rings is 1. The van der Waals surface area contributed by atoms with Gasteiger partial charge in [-0.05, 0) is 62.2 Å². The number of nitrogens with one attached hydrogen (secondary N) is 2. The van der Waals surface area contributed by atoms with Gasteiger partial charge in [-0.25, -0.2) is 4.39 Å². The molecular weight excluding hydrogens is 497 g/mol. The number of anilines is 1. The van der Waals surface area contributed by atoms with Crippen molar-refractivity contribution >= 4 is 17.5 Å². The van der Waals surface area contributed by atoms with Gasteiger partial charge < -0.3 is 20.3 Å². The number of aromatic amines is 1. The Morgan fingerprint density at radius 3 is 2.69 bits per heavy atom. The molecule has 8 nitrogen and oxygen atoms in total. The van der Waals surface area contributed by atoms with E-state index in [0.29, 0.717) is 35.6 Å². The fraction of sp³-hybridized carbons (Fsp3) is 0.300. The molecule has 0 bridgehead atoms. The average Bonchev–Trinajstić information content (AvgIpc) is 3.59. The van der Waals surface area contributed by atoms with Crippen LogP contribution in [0.5, 0.6) is 0 Å². The van der Waals surface area contributed by atoms with Gasteiger partial charge in [-0.3, -0.25) is 14.3 Å². The van der Waals surface area contributed by atoms with Crippen molar-refractivity contribution in [1.29, 1.82) is 0 Å². The maximum Gasteiger partial charge on any atom is 0.276 e. The van der Waals surface area contributed by atoms with E-state index < -0.39 is 12.0 Å². The summed E-state index contributed by atoms with van der Waals surface area (Å²) in [7, 11) is 0. The highest BCUT2D eigenvalue weighted by atomic mass is 19.1. The van der Waals surface area contributed by atoms with Crippen LogP contribution in [0, 0.1) is 0 Å². The largest absolute Gasteiger partial charge is 0.389 e. The van der Waals surface area contributed by atoms with Gasteiger partial charge in [0.1, 0.15) is 11.5 Å². The van der Waals surface area contributed by atoms with Gasteiger partial charge in [-0.15, -0.1) is 0 Å². The van der Waals surface area contributed by atoms with E-state index in [0.717, 1.165) is 11.3 Å². The maximum absolute atomic E-state index is 13.7. The van der Waals surface area contributed by atoms with Gasteiger partial charge in [-0.1, -0.05) is 37.3 Å². The number of carbonyl (C=O) groups excluding carboxylic acids is 2. The van der Waals surface area contributed by atoms with Gasteiger partial charge in [0.15, 0.2) is 5.69 Å². The Morgan fingerprint density at radius 2 is 2.03 bits per heavy atom. The molecule has 0 fully saturated rings. The zero-order chi connectivity index (χ0) is 28.1. The van der Waals surface area contributed by atoms with E-state index in [2.05, 4.69) is 10.3 Å². The lowest BCUT2D eigenvalue weighted by atomic mass is 9.95. The van der Waals surface area contributed by atoms with Crippen LogP contribution in [0.2, 0.25) is 0 Å². The Labute approximate surface area is 227 Å². The van der Waals surface area contributed by atoms with Crippen molar-refractivity contribution in [3.63, 3.8) is 0 Å². The van der Waals surface area contributed by atoms with Gasteiger partial charge >= 0.3 is 0 Å². The first kappa shape index (κ1) is 27.8. The van der Waals surface area contributed by atoms with Crippen LogP contribution in [0.1, 0.15) is 77.5 Å². The fourth-order valence-electron chi connectivity index (χ4n) is 4.75. The molecular formula is C30H34FN5O3. The van der Waals surface area contributed by atoms with Crippen molar-refractivity contribution in [2.45, 2.75) is 52.8 Å². The number of allylic oxidation sites excluding steroid dienone is 6. The predicted molar refractivity (Wildman–Crippen MR) is 149 cm³/mol. The molecule has 2 aromatic heterocycles. The maximum atomic E-state index is 13.7. The molecule has 204 valence electrons. The number of aliphatic hydroxyl groups is 1. The molecule has 1 aromatic carbocycles. The van der Waals surface area contributed by atoms with Crippen LogP contribution >= 0.6 is 0 Å². The SMILES string of the molecule is C\C=C(F)/C=C\C(=C/C)Cn1nc(C(=O)Nc2cccc([C@H](C)O)c2)c2c1C(C)CN(C(=O)c1ccc[nH]1)C2. The summed E-state index contributed by atoms with van der Waals surface area (Å²) in [6.45, 7) is 8.18. The van der Waals surface area contributed by atoms with Crippen LogP contribution in [-0.2, 0) is 13.1 Å². The number of fused-ring (bicyclic) bond motifs is 1. The lowest BCUT2D eigenvalue weighted by Crippen LogP contribution is -2.38. The van der Waals surface area contributed by atoms with Gasteiger partial charge in [0, 0.05) is 35.6 Å². The van der Waals surface area contributed by atoms with Crippen LogP contribution in [0.3, 0.4) is 0 Å². The molecule has 1 aliphatic heterocycles. The highest BCUT2D eigenvalue weighted by molar-refractivity contribution is 6.04. The fourth-order valence-corrected chi connectivity index (χ4v) is 4.75. The molecule has 0 saturated heterocycles. The molecule has 2 atom stereocenters. The minimum Gasteiger partial charge on any atom is -0.389 e. The Morgan fingerprint density at radius 1 is 1.23 bits per heavy atom. The standard InChI is InChI=1S/C30H34FN5O3/c1-5-21(12-13-23(31)6-2)17-36-28-19(3)16-35(30(39)26-11-8-14-32-26)18-25(28)27(34-36)29(38)33-24-10-7-9-22(15-24)20(4)37/h5-15,19-20,32,37H,16-18H2,1-4H3,(H,33,38)/b13-12-,21-5+,23-6+/t19?,20-/m0/s1. The molecule has 0 saturated carbocycles. The Balaban J connectivity index is 1.71. The van der Waals surface area contributed by atoms with Crippen LogP contribution in [0.4, 0.5) is 10.1 Å². The predicted octanol–water partition coefficient (Wildman–Crippen LogP) is 5.65. The second-order valence-electron chi connectivity index (χ2n) is 9.67. The molecule has 3 heterocycles. The van der Waals surface area contributed by atoms with Crippen molar-refractivity contribution in [3.8, 4) is 0 Å². The number of nitrogens with zero attached hydrogens (tertiary/aromatic N) is 3. The van der Waals surface area contributed by atoms with E-state index in [1.54, 1.807) is 72.1 Å². The summed E-state index contributed by atoms with van der Waals surface area (Å²) in [5.74, 6) is -1.01. The lowest BCUT2D eigenvalue weighted by Gasteiger charge is -2.32. The van der Waals surface area contributed by atoms with E-state index in [1.165, 1.54) is 12.2 Å². The third-order valence-electron chi connectivity index (χ3n) is 6.80. The third kappa shape index (κ3) is 6.26. The highest BCUT2D eigenvalue weighted by Gasteiger charge is 2.34. The number of aromatic nitrogens is 3. The molecule has 9 heteroatoms. The van der Waals surface area contributed by atoms with Gasteiger partial charge in [-0.2, -0.15) is 5.10 Å². The molecule has 4 rings (SSSR count). The average molecular weight is 532 g/mol. The minimum absolute atomic E-state index is 0.102. The van der Waals surface area contributed by atoms with Crippen LogP contribution in [0.25, 0.3) is 0 Å². The van der Waals surface area contributed by atoms with E-state index in [1.807, 2.05) is 19.9 Å². The normalized spacial score (nSPS) is 16.9. The number of H-pyrrole nitrogens is 1. The molecule has 1 unspecified atom stereocenters. The molecule has 2 amide bonds. The van der Waals surface area contributed by atoms with Crippen molar-refractivity contribution < 1.29 is 19.1 Å². The zero-order valence-electron chi connectivity index (χ0n) is 22.6. The Hall–Kier alpha value is -4.24. The molecule has 0 radical (unpaired) electrons. The van der Waals surface area contributed by atoms with E-state index in [4.69, 9.17) is 5.10 Å². The number of hydrogen-bond donors (Lipinski definition) is 3. The van der Waals surface area contributed by atoms with E-state index in [9.17, 15) is 19.1 Å². The summed E-state index contributed by atoms with van der Waals surface area (Å²) in [4.78, 5) is 31.4. The van der Waals surface area contributed by atoms with Crippen molar-refractivity contribution in [2.24, 2.45) is 0 Å². The minimum atomic E-state index is -0.679. The summed E-state index contributed by atoms with van der Waals surface area (Å²) >= 11 is 0. The highest BCUT2D eigenvalue weighted by Crippen LogP contribution is 2.32. The number of amides is 2. The van der Waals surface area contributed by atoms with E-state index in [-0.39, 0.29) is 29.9 Å². The monoisotopic (exact) mass is 531 g/mol. The topological polar surface area (TPSA) is 103 Å². The molecule has 39 heavy (non-hydrogen) atoms. The molecule has 0 aliphatic carbocycles. The number of aliphatic hydroxyl groups excluding tert-OH is 1. The first-order chi connectivity index (χ1) is 18.7. The molecule has 3 aromatic rings. The molecule has 1 aliphatic rings. The number of hydrogen-bond acceptors (Lipinski definition) is 4. The van der Waals surface area contributed by atoms with Crippen LogP contribution < -0.4 is 5.32 Å². The van der Waals surface area contributed by atoms with Gasteiger partial charge in [0.2, 0.25) is 0 Å². The molecule has 0 spiro atoms. The second-order valence-corrected chi connectivity index (χ2v) is 9.67. The second kappa shape index (κ2) is 12.1. The van der Waals surface area contributed by atoms with Crippen molar-refractivity contribution in [1.82, 2.24) is 19.7 Å². The Bertz CT molecular complexity index is 1430. The van der Waals surface area contributed by atoms with Gasteiger partial charge in [0.05, 0.1) is 19.2 Å². The van der Waals surface area contributed by atoms with Crippen molar-refractivity contribution in [2.75, 3.05) is 11.9 Å². The summed E-state index contributed by atoms with van der Waals surface area (Å²) in [5.41, 5.74) is 4.28. The summed E-state index contributed by atoms with van der Waals surface area (Å²) in [5, 5.41) is 17.6. The molecule has 3 N–H and O–H groups in total. The third-order valence-corrected chi connectivity index (χ3v) is 6.80. The first-order valence-electron chi connectivity index (χ1n) is 13.0. The number of halogens is 1. The van der Waals surface area contributed by atoms with E-state index >= 15 is 0 Å². The smallest absolute Gasteiger partial charge is 0.276 e. The first-order valence-corrected chi connectivity index (χ1v) is 13.0. The van der Waals surface area contributed by atoms with Crippen molar-refractivity contribution in [3.05, 3.63) is 107 Å². The summed E-state index contributed by atoms with van der Waals surface area (Å²) in [6, 6.07) is 10.5. The summed E-state index contributed by atoms with van der Waals surface area (Å²) < 4.78 is 15.5. The number of carbonyl (C=O) groups is 2. The Kier molecular flexibility index (Phi) is 8.61. The van der Waals surface area contributed by atoms with Crippen LogP contribution in [0.15, 0.2) is 78.3 Å². The van der Waals surface area contributed by atoms with Crippen LogP contribution in [-0.4, -0.2) is 43.1 Å². The van der Waals surface area contributed by atoms with Gasteiger partial charge in [0.25, 0.3) is 11.8 Å². The lowest BCUT2D eigenvalue weighted by molar-refractivity contribution is 0.0711.